The van der Waals surface area contributed by atoms with Crippen molar-refractivity contribution in [1.82, 2.24) is 15.2 Å². The van der Waals surface area contributed by atoms with Gasteiger partial charge in [-0.05, 0) is 19.1 Å². The van der Waals surface area contributed by atoms with E-state index in [0.29, 0.717) is 22.2 Å². The van der Waals surface area contributed by atoms with Crippen molar-refractivity contribution in [2.75, 3.05) is 12.9 Å². The Balaban J connectivity index is 2.06. The summed E-state index contributed by atoms with van der Waals surface area (Å²) in [4.78, 5) is 16.5. The van der Waals surface area contributed by atoms with Crippen LogP contribution in [0.2, 0.25) is 0 Å². The summed E-state index contributed by atoms with van der Waals surface area (Å²) in [6, 6.07) is 5.58. The first-order valence-corrected chi connectivity index (χ1v) is 7.34. The minimum absolute atomic E-state index is 0.0124. The lowest BCUT2D eigenvalue weighted by atomic mass is 10.1. The molecule has 6 heteroatoms. The quantitative estimate of drug-likeness (QED) is 0.654. The summed E-state index contributed by atoms with van der Waals surface area (Å²) in [5, 5.41) is 7.49. The van der Waals surface area contributed by atoms with Gasteiger partial charge in [0.05, 0.1) is 18.4 Å². The average Bonchev–Trinajstić information content (AvgIpc) is 2.92. The summed E-state index contributed by atoms with van der Waals surface area (Å²) in [6.07, 6.45) is 0.799. The molecule has 106 valence electrons. The van der Waals surface area contributed by atoms with E-state index in [0.717, 1.165) is 17.8 Å². The van der Waals surface area contributed by atoms with Crippen molar-refractivity contribution >= 4 is 17.5 Å². The van der Waals surface area contributed by atoms with Crippen molar-refractivity contribution in [2.45, 2.75) is 25.4 Å². The van der Waals surface area contributed by atoms with Crippen LogP contribution < -0.4 is 4.74 Å². The number of ether oxygens (including phenoxy) is 1. The van der Waals surface area contributed by atoms with E-state index in [1.165, 1.54) is 11.8 Å². The Bertz CT molecular complexity index is 610. The Hall–Kier alpha value is -1.82. The monoisotopic (exact) mass is 291 g/mol. The van der Waals surface area contributed by atoms with Crippen LogP contribution in [0.5, 0.6) is 5.75 Å². The van der Waals surface area contributed by atoms with Gasteiger partial charge in [-0.2, -0.15) is 0 Å². The second kappa shape index (κ2) is 6.56. The van der Waals surface area contributed by atoms with Crippen LogP contribution in [0.15, 0.2) is 23.4 Å². The van der Waals surface area contributed by atoms with Gasteiger partial charge in [0.15, 0.2) is 5.78 Å². The number of benzene rings is 1. The van der Waals surface area contributed by atoms with Gasteiger partial charge in [-0.25, -0.2) is 4.98 Å². The SMILES string of the molecule is CCc1nc(SCC(=O)c2cc(C)ccc2OC)n[nH]1. The van der Waals surface area contributed by atoms with E-state index in [2.05, 4.69) is 15.2 Å². The molecular formula is C14H17N3O2S. The first kappa shape index (κ1) is 14.6. The molecule has 5 nitrogen and oxygen atoms in total. The number of hydrogen-bond acceptors (Lipinski definition) is 5. The number of H-pyrrole nitrogens is 1. The zero-order valence-corrected chi connectivity index (χ0v) is 12.6. The molecule has 0 fully saturated rings. The molecule has 0 aliphatic carbocycles. The Morgan fingerprint density at radius 3 is 2.90 bits per heavy atom. The van der Waals surface area contributed by atoms with Crippen molar-refractivity contribution in [3.63, 3.8) is 0 Å². The lowest BCUT2D eigenvalue weighted by molar-refractivity contribution is 0.101. The molecule has 0 amide bonds. The summed E-state index contributed by atoms with van der Waals surface area (Å²) in [6.45, 7) is 3.95. The number of thioether (sulfide) groups is 1. The Kier molecular flexibility index (Phi) is 4.79. The summed E-state index contributed by atoms with van der Waals surface area (Å²) in [5.41, 5.74) is 1.64. The second-order valence-corrected chi connectivity index (χ2v) is 5.28. The number of hydrogen-bond donors (Lipinski definition) is 1. The maximum atomic E-state index is 12.3. The maximum Gasteiger partial charge on any atom is 0.208 e. The fourth-order valence-corrected chi connectivity index (χ4v) is 2.45. The fourth-order valence-electron chi connectivity index (χ4n) is 1.75. The molecule has 0 aliphatic rings. The summed E-state index contributed by atoms with van der Waals surface area (Å²) >= 11 is 1.33. The van der Waals surface area contributed by atoms with E-state index >= 15 is 0 Å². The van der Waals surface area contributed by atoms with Crippen molar-refractivity contribution < 1.29 is 9.53 Å². The predicted molar refractivity (Wildman–Crippen MR) is 78.5 cm³/mol. The van der Waals surface area contributed by atoms with Crippen LogP contribution in [0.1, 0.15) is 28.7 Å². The number of ketones is 1. The molecule has 0 saturated heterocycles. The third kappa shape index (κ3) is 3.39. The molecule has 0 saturated carbocycles. The molecule has 0 bridgehead atoms. The van der Waals surface area contributed by atoms with Gasteiger partial charge in [0.2, 0.25) is 5.16 Å². The van der Waals surface area contributed by atoms with E-state index in [1.54, 1.807) is 7.11 Å². The number of methoxy groups -OCH3 is 1. The van der Waals surface area contributed by atoms with Gasteiger partial charge >= 0.3 is 0 Å². The molecule has 2 rings (SSSR count). The third-order valence-corrected chi connectivity index (χ3v) is 3.68. The maximum absolute atomic E-state index is 12.3. The first-order valence-electron chi connectivity index (χ1n) is 6.36. The van der Waals surface area contributed by atoms with Crippen LogP contribution in [-0.2, 0) is 6.42 Å². The second-order valence-electron chi connectivity index (χ2n) is 4.33. The highest BCUT2D eigenvalue weighted by Gasteiger charge is 2.14. The van der Waals surface area contributed by atoms with Gasteiger partial charge in [-0.15, -0.1) is 5.10 Å². The highest BCUT2D eigenvalue weighted by molar-refractivity contribution is 7.99. The number of Topliss-reactive ketones (excluding diaryl/α,β-unsaturated/α-hetero) is 1. The van der Waals surface area contributed by atoms with E-state index in [4.69, 9.17) is 4.74 Å². The average molecular weight is 291 g/mol. The van der Waals surface area contributed by atoms with Crippen molar-refractivity contribution in [2.24, 2.45) is 0 Å². The van der Waals surface area contributed by atoms with Gasteiger partial charge < -0.3 is 4.74 Å². The smallest absolute Gasteiger partial charge is 0.208 e. The largest absolute Gasteiger partial charge is 0.496 e. The minimum Gasteiger partial charge on any atom is -0.496 e. The zero-order valence-electron chi connectivity index (χ0n) is 11.8. The normalized spacial score (nSPS) is 10.6. The Morgan fingerprint density at radius 1 is 1.45 bits per heavy atom. The van der Waals surface area contributed by atoms with E-state index in [-0.39, 0.29) is 5.78 Å². The molecule has 0 unspecified atom stereocenters. The van der Waals surface area contributed by atoms with Crippen LogP contribution >= 0.6 is 11.8 Å². The Labute approximate surface area is 122 Å². The van der Waals surface area contributed by atoms with Gasteiger partial charge in [0.1, 0.15) is 11.6 Å². The van der Waals surface area contributed by atoms with Crippen LogP contribution in [0.25, 0.3) is 0 Å². The highest BCUT2D eigenvalue weighted by atomic mass is 32.2. The number of aromatic amines is 1. The number of aryl methyl sites for hydroxylation is 2. The molecule has 0 spiro atoms. The predicted octanol–water partition coefficient (Wildman–Crippen LogP) is 2.66. The number of carbonyl (C=O) groups is 1. The zero-order chi connectivity index (χ0) is 14.5. The molecule has 1 heterocycles. The summed E-state index contributed by atoms with van der Waals surface area (Å²) < 4.78 is 5.23. The topological polar surface area (TPSA) is 67.9 Å². The van der Waals surface area contributed by atoms with E-state index in [1.807, 2.05) is 32.0 Å². The van der Waals surface area contributed by atoms with Gasteiger partial charge in [0, 0.05) is 6.42 Å². The molecule has 20 heavy (non-hydrogen) atoms. The molecule has 0 aliphatic heterocycles. The van der Waals surface area contributed by atoms with Crippen LogP contribution in [-0.4, -0.2) is 33.8 Å². The number of rotatable bonds is 6. The van der Waals surface area contributed by atoms with Crippen LogP contribution in [0.4, 0.5) is 0 Å². The van der Waals surface area contributed by atoms with Crippen molar-refractivity contribution in [3.05, 3.63) is 35.2 Å². The molecule has 0 atom stereocenters. The van der Waals surface area contributed by atoms with Gasteiger partial charge in [-0.3, -0.25) is 9.89 Å². The third-order valence-electron chi connectivity index (χ3n) is 2.83. The standard InChI is InChI=1S/C14H17N3O2S/c1-4-13-15-14(17-16-13)20-8-11(18)10-7-9(2)5-6-12(10)19-3/h5-7H,4,8H2,1-3H3,(H,15,16,17). The molecule has 1 N–H and O–H groups in total. The molecule has 2 aromatic rings. The van der Waals surface area contributed by atoms with Crippen molar-refractivity contribution in [1.29, 1.82) is 0 Å². The molecular weight excluding hydrogens is 274 g/mol. The molecule has 1 aromatic heterocycles. The lowest BCUT2D eigenvalue weighted by Crippen LogP contribution is -2.05. The minimum atomic E-state index is 0.0124. The Morgan fingerprint density at radius 2 is 2.25 bits per heavy atom. The molecule has 0 radical (unpaired) electrons. The lowest BCUT2D eigenvalue weighted by Gasteiger charge is -2.07. The number of nitrogens with zero attached hydrogens (tertiary/aromatic N) is 2. The summed E-state index contributed by atoms with van der Waals surface area (Å²) in [5.74, 6) is 1.73. The number of aromatic nitrogens is 3. The fraction of sp³-hybridized carbons (Fsp3) is 0.357. The molecule has 1 aromatic carbocycles. The van der Waals surface area contributed by atoms with Gasteiger partial charge in [-0.1, -0.05) is 30.3 Å². The van der Waals surface area contributed by atoms with Crippen molar-refractivity contribution in [3.8, 4) is 5.75 Å². The highest BCUT2D eigenvalue weighted by Crippen LogP contribution is 2.23. The van der Waals surface area contributed by atoms with Crippen LogP contribution in [0, 0.1) is 6.92 Å². The summed E-state index contributed by atoms with van der Waals surface area (Å²) in [7, 11) is 1.57. The van der Waals surface area contributed by atoms with E-state index in [9.17, 15) is 4.79 Å². The number of nitrogens with one attached hydrogen (secondary N) is 1. The van der Waals surface area contributed by atoms with E-state index < -0.39 is 0 Å². The number of carbonyl (C=O) groups excluding carboxylic acids is 1. The van der Waals surface area contributed by atoms with Crippen LogP contribution in [0.3, 0.4) is 0 Å². The first-order chi connectivity index (χ1) is 9.63. The van der Waals surface area contributed by atoms with Gasteiger partial charge in [0.25, 0.3) is 0 Å².